The van der Waals surface area contributed by atoms with Crippen LogP contribution in [0.2, 0.25) is 0 Å². The van der Waals surface area contributed by atoms with Crippen molar-refractivity contribution in [1.82, 2.24) is 10.2 Å². The predicted molar refractivity (Wildman–Crippen MR) is 83.5 cm³/mol. The van der Waals surface area contributed by atoms with Gasteiger partial charge in [-0.05, 0) is 62.9 Å². The molecule has 3 unspecified atom stereocenters. The highest BCUT2D eigenvalue weighted by molar-refractivity contribution is 4.90. The highest BCUT2D eigenvalue weighted by Crippen LogP contribution is 2.40. The molecular formula is C17H34N2. The molecule has 1 aliphatic carbocycles. The molecule has 2 rings (SSSR count). The van der Waals surface area contributed by atoms with Crippen LogP contribution in [0.3, 0.4) is 0 Å². The van der Waals surface area contributed by atoms with E-state index in [9.17, 15) is 0 Å². The SMILES string of the molecule is CCCN(CC1CCCN1)C1CC(C)CC(C)(C)C1. The van der Waals surface area contributed by atoms with Crippen LogP contribution < -0.4 is 5.32 Å². The Kier molecular flexibility index (Phi) is 5.30. The second-order valence-corrected chi connectivity index (χ2v) is 7.86. The summed E-state index contributed by atoms with van der Waals surface area (Å²) in [5.41, 5.74) is 0.539. The van der Waals surface area contributed by atoms with Crippen LogP contribution in [0.5, 0.6) is 0 Å². The molecule has 0 aromatic rings. The zero-order chi connectivity index (χ0) is 13.9. The van der Waals surface area contributed by atoms with E-state index in [1.165, 1.54) is 58.2 Å². The maximum absolute atomic E-state index is 3.67. The Balaban J connectivity index is 1.96. The van der Waals surface area contributed by atoms with Gasteiger partial charge in [-0.15, -0.1) is 0 Å². The fourth-order valence-corrected chi connectivity index (χ4v) is 4.48. The summed E-state index contributed by atoms with van der Waals surface area (Å²) in [6, 6.07) is 1.58. The average Bonchev–Trinajstić information content (AvgIpc) is 2.78. The van der Waals surface area contributed by atoms with Crippen LogP contribution in [-0.2, 0) is 0 Å². The summed E-state index contributed by atoms with van der Waals surface area (Å²) < 4.78 is 0. The highest BCUT2D eigenvalue weighted by Gasteiger charge is 2.35. The number of rotatable bonds is 5. The molecule has 1 aliphatic heterocycles. The first kappa shape index (κ1) is 15.3. The molecule has 2 fully saturated rings. The van der Waals surface area contributed by atoms with Crippen LogP contribution >= 0.6 is 0 Å². The summed E-state index contributed by atoms with van der Waals surface area (Å²) in [5, 5.41) is 3.67. The van der Waals surface area contributed by atoms with Gasteiger partial charge in [0.2, 0.25) is 0 Å². The molecule has 2 nitrogen and oxygen atoms in total. The molecular weight excluding hydrogens is 232 g/mol. The smallest absolute Gasteiger partial charge is 0.0195 e. The Morgan fingerprint density at radius 2 is 2.05 bits per heavy atom. The van der Waals surface area contributed by atoms with Crippen LogP contribution in [0.25, 0.3) is 0 Å². The van der Waals surface area contributed by atoms with Crippen molar-refractivity contribution >= 4 is 0 Å². The molecule has 0 radical (unpaired) electrons. The number of nitrogens with one attached hydrogen (secondary N) is 1. The Morgan fingerprint density at radius 3 is 2.63 bits per heavy atom. The Hall–Kier alpha value is -0.0800. The van der Waals surface area contributed by atoms with Gasteiger partial charge in [0.25, 0.3) is 0 Å². The molecule has 3 atom stereocenters. The van der Waals surface area contributed by atoms with Crippen molar-refractivity contribution in [1.29, 1.82) is 0 Å². The lowest BCUT2D eigenvalue weighted by Crippen LogP contribution is -2.48. The van der Waals surface area contributed by atoms with Crippen molar-refractivity contribution in [3.63, 3.8) is 0 Å². The lowest BCUT2D eigenvalue weighted by atomic mass is 9.70. The fourth-order valence-electron chi connectivity index (χ4n) is 4.48. The van der Waals surface area contributed by atoms with Crippen LogP contribution in [0.15, 0.2) is 0 Å². The van der Waals surface area contributed by atoms with Gasteiger partial charge in [0.05, 0.1) is 0 Å². The minimum atomic E-state index is 0.539. The van der Waals surface area contributed by atoms with Crippen LogP contribution in [0, 0.1) is 11.3 Å². The van der Waals surface area contributed by atoms with Crippen molar-refractivity contribution in [2.75, 3.05) is 19.6 Å². The second kappa shape index (κ2) is 6.58. The van der Waals surface area contributed by atoms with E-state index in [0.29, 0.717) is 5.41 Å². The molecule has 0 amide bonds. The third-order valence-corrected chi connectivity index (χ3v) is 5.01. The highest BCUT2D eigenvalue weighted by atomic mass is 15.2. The summed E-state index contributed by atoms with van der Waals surface area (Å²) in [6.45, 7) is 13.5. The van der Waals surface area contributed by atoms with Crippen LogP contribution in [-0.4, -0.2) is 36.6 Å². The Morgan fingerprint density at radius 1 is 1.26 bits per heavy atom. The van der Waals surface area contributed by atoms with Gasteiger partial charge in [0, 0.05) is 18.6 Å². The predicted octanol–water partition coefficient (Wildman–Crippen LogP) is 3.67. The summed E-state index contributed by atoms with van der Waals surface area (Å²) in [5.74, 6) is 0.893. The minimum Gasteiger partial charge on any atom is -0.313 e. The zero-order valence-corrected chi connectivity index (χ0v) is 13.5. The summed E-state index contributed by atoms with van der Waals surface area (Å²) in [4.78, 5) is 2.81. The third kappa shape index (κ3) is 4.46. The lowest BCUT2D eigenvalue weighted by Gasteiger charge is -2.44. The fraction of sp³-hybridized carbons (Fsp3) is 1.00. The zero-order valence-electron chi connectivity index (χ0n) is 13.5. The Labute approximate surface area is 120 Å². The topological polar surface area (TPSA) is 15.3 Å². The molecule has 2 aliphatic rings. The molecule has 1 N–H and O–H groups in total. The van der Waals surface area contributed by atoms with Crippen molar-refractivity contribution in [2.24, 2.45) is 11.3 Å². The van der Waals surface area contributed by atoms with Gasteiger partial charge in [0.1, 0.15) is 0 Å². The molecule has 0 aromatic heterocycles. The van der Waals surface area contributed by atoms with Crippen molar-refractivity contribution in [3.8, 4) is 0 Å². The van der Waals surface area contributed by atoms with Crippen molar-refractivity contribution in [2.45, 2.75) is 78.3 Å². The first-order chi connectivity index (χ1) is 9.00. The molecule has 0 bridgehead atoms. The maximum Gasteiger partial charge on any atom is 0.0195 e. The summed E-state index contributed by atoms with van der Waals surface area (Å²) in [6.07, 6.45) is 8.26. The van der Waals surface area contributed by atoms with Crippen LogP contribution in [0.1, 0.15) is 66.2 Å². The summed E-state index contributed by atoms with van der Waals surface area (Å²) >= 11 is 0. The molecule has 1 saturated carbocycles. The third-order valence-electron chi connectivity index (χ3n) is 5.01. The number of hydrogen-bond acceptors (Lipinski definition) is 2. The first-order valence-electron chi connectivity index (χ1n) is 8.47. The first-order valence-corrected chi connectivity index (χ1v) is 8.47. The van der Waals surface area contributed by atoms with Crippen LogP contribution in [0.4, 0.5) is 0 Å². The molecule has 112 valence electrons. The maximum atomic E-state index is 3.67. The minimum absolute atomic E-state index is 0.539. The molecule has 19 heavy (non-hydrogen) atoms. The standard InChI is InChI=1S/C17H34N2/c1-5-9-19(13-15-7-6-8-18-15)16-10-14(2)11-17(3,4)12-16/h14-16,18H,5-13H2,1-4H3. The normalized spacial score (nSPS) is 34.9. The van der Waals surface area contributed by atoms with E-state index in [1.807, 2.05) is 0 Å². The second-order valence-electron chi connectivity index (χ2n) is 7.86. The lowest BCUT2D eigenvalue weighted by molar-refractivity contribution is 0.0616. The van der Waals surface area contributed by atoms with Gasteiger partial charge < -0.3 is 5.32 Å². The van der Waals surface area contributed by atoms with Gasteiger partial charge in [0.15, 0.2) is 0 Å². The van der Waals surface area contributed by atoms with E-state index in [-0.39, 0.29) is 0 Å². The Bertz CT molecular complexity index is 268. The van der Waals surface area contributed by atoms with E-state index >= 15 is 0 Å². The molecule has 1 heterocycles. The van der Waals surface area contributed by atoms with Gasteiger partial charge in [-0.1, -0.05) is 27.7 Å². The molecule has 0 aromatic carbocycles. The number of hydrogen-bond donors (Lipinski definition) is 1. The van der Waals surface area contributed by atoms with E-state index in [0.717, 1.165) is 18.0 Å². The van der Waals surface area contributed by atoms with E-state index in [4.69, 9.17) is 0 Å². The monoisotopic (exact) mass is 266 g/mol. The molecule has 1 saturated heterocycles. The van der Waals surface area contributed by atoms with E-state index in [2.05, 4.69) is 37.9 Å². The van der Waals surface area contributed by atoms with Crippen molar-refractivity contribution < 1.29 is 0 Å². The van der Waals surface area contributed by atoms with Gasteiger partial charge >= 0.3 is 0 Å². The van der Waals surface area contributed by atoms with Gasteiger partial charge in [-0.25, -0.2) is 0 Å². The average molecular weight is 266 g/mol. The quantitative estimate of drug-likeness (QED) is 0.817. The van der Waals surface area contributed by atoms with Crippen molar-refractivity contribution in [3.05, 3.63) is 0 Å². The van der Waals surface area contributed by atoms with E-state index < -0.39 is 0 Å². The van der Waals surface area contributed by atoms with Gasteiger partial charge in [-0.2, -0.15) is 0 Å². The number of nitrogens with zero attached hydrogens (tertiary/aromatic N) is 1. The molecule has 0 spiro atoms. The largest absolute Gasteiger partial charge is 0.313 e. The summed E-state index contributed by atoms with van der Waals surface area (Å²) in [7, 11) is 0. The van der Waals surface area contributed by atoms with E-state index in [1.54, 1.807) is 0 Å². The van der Waals surface area contributed by atoms with Gasteiger partial charge in [-0.3, -0.25) is 4.90 Å². The molecule has 2 heteroatoms.